The van der Waals surface area contributed by atoms with Crippen LogP contribution in [0, 0.1) is 17.1 Å². The average Bonchev–Trinajstić information content (AvgIpc) is 2.62. The van der Waals surface area contributed by atoms with Gasteiger partial charge in [-0.15, -0.1) is 0 Å². The third kappa shape index (κ3) is 3.21. The average molecular weight is 334 g/mol. The number of benzene rings is 2. The molecule has 2 heterocycles. The second-order valence-corrected chi connectivity index (χ2v) is 6.62. The molecule has 4 heteroatoms. The van der Waals surface area contributed by atoms with Gasteiger partial charge in [-0.3, -0.25) is 4.90 Å². The van der Waals surface area contributed by atoms with Gasteiger partial charge in [-0.05, 0) is 35.3 Å². The summed E-state index contributed by atoms with van der Waals surface area (Å²) >= 11 is 0. The first kappa shape index (κ1) is 16.0. The van der Waals surface area contributed by atoms with Gasteiger partial charge in [0.05, 0.1) is 24.8 Å². The molecule has 1 saturated heterocycles. The van der Waals surface area contributed by atoms with Crippen molar-refractivity contribution in [2.24, 2.45) is 0 Å². The molecule has 2 unspecified atom stereocenters. The molecule has 2 atom stereocenters. The number of morpholine rings is 1. The van der Waals surface area contributed by atoms with Crippen LogP contribution in [-0.4, -0.2) is 30.2 Å². The van der Waals surface area contributed by atoms with E-state index in [-0.39, 0.29) is 17.6 Å². The first-order chi connectivity index (χ1) is 12.2. The minimum atomic E-state index is -0.450. The zero-order valence-corrected chi connectivity index (χ0v) is 13.9. The van der Waals surface area contributed by atoms with E-state index in [1.165, 1.54) is 11.6 Å². The van der Waals surface area contributed by atoms with Crippen LogP contribution in [0.2, 0.25) is 0 Å². The molecule has 25 heavy (non-hydrogen) atoms. The van der Waals surface area contributed by atoms with Crippen LogP contribution >= 0.6 is 0 Å². The molecule has 2 aliphatic rings. The minimum Gasteiger partial charge on any atom is -0.378 e. The van der Waals surface area contributed by atoms with Crippen molar-refractivity contribution in [2.45, 2.75) is 25.0 Å². The predicted octanol–water partition coefficient (Wildman–Crippen LogP) is 3.75. The van der Waals surface area contributed by atoms with Crippen molar-refractivity contribution in [1.82, 2.24) is 4.90 Å². The zero-order chi connectivity index (χ0) is 17.2. The summed E-state index contributed by atoms with van der Waals surface area (Å²) in [7, 11) is 0. The summed E-state index contributed by atoms with van der Waals surface area (Å²) in [5, 5.41) is 8.90. The Morgan fingerprint density at radius 2 is 2.00 bits per heavy atom. The Balaban J connectivity index is 1.61. The number of fused-ring (bicyclic) bond motifs is 2. The Morgan fingerprint density at radius 1 is 1.16 bits per heavy atom. The lowest BCUT2D eigenvalue weighted by atomic mass is 9.89. The van der Waals surface area contributed by atoms with E-state index in [4.69, 9.17) is 10.00 Å². The smallest absolute Gasteiger partial charge is 0.141 e. The molecule has 0 N–H and O–H groups in total. The third-order valence-electron chi connectivity index (χ3n) is 5.01. The largest absolute Gasteiger partial charge is 0.378 e. The molecule has 0 amide bonds. The van der Waals surface area contributed by atoms with Gasteiger partial charge in [-0.25, -0.2) is 4.39 Å². The van der Waals surface area contributed by atoms with Crippen molar-refractivity contribution in [3.63, 3.8) is 0 Å². The number of halogens is 1. The monoisotopic (exact) mass is 334 g/mol. The lowest BCUT2D eigenvalue weighted by Gasteiger charge is -2.44. The van der Waals surface area contributed by atoms with E-state index in [1.807, 2.05) is 18.2 Å². The van der Waals surface area contributed by atoms with E-state index in [0.717, 1.165) is 24.1 Å². The Morgan fingerprint density at radius 3 is 2.72 bits per heavy atom. The first-order valence-electron chi connectivity index (χ1n) is 8.53. The van der Waals surface area contributed by atoms with Gasteiger partial charge in [0.25, 0.3) is 0 Å². The SMILES string of the molecule is N#Cc1ccc(C2=CC3COCC(C2)N3Cc2ccccc2)cc1F. The number of hydrogen-bond acceptors (Lipinski definition) is 3. The van der Waals surface area contributed by atoms with Crippen molar-refractivity contribution in [3.05, 3.63) is 77.1 Å². The molecule has 126 valence electrons. The van der Waals surface area contributed by atoms with E-state index in [0.29, 0.717) is 13.2 Å². The molecule has 0 aromatic heterocycles. The van der Waals surface area contributed by atoms with E-state index < -0.39 is 5.82 Å². The fraction of sp³-hybridized carbons (Fsp3) is 0.286. The van der Waals surface area contributed by atoms with Crippen molar-refractivity contribution < 1.29 is 9.13 Å². The maximum atomic E-state index is 14.0. The summed E-state index contributed by atoms with van der Waals surface area (Å²) < 4.78 is 19.7. The highest BCUT2D eigenvalue weighted by Crippen LogP contribution is 2.34. The fourth-order valence-corrected chi connectivity index (χ4v) is 3.72. The van der Waals surface area contributed by atoms with Gasteiger partial charge in [0.2, 0.25) is 0 Å². The first-order valence-corrected chi connectivity index (χ1v) is 8.53. The summed E-state index contributed by atoms with van der Waals surface area (Å²) in [6.45, 7) is 2.25. The van der Waals surface area contributed by atoms with E-state index in [9.17, 15) is 4.39 Å². The van der Waals surface area contributed by atoms with Gasteiger partial charge >= 0.3 is 0 Å². The molecular weight excluding hydrogens is 315 g/mol. The normalized spacial score (nSPS) is 23.0. The van der Waals surface area contributed by atoms with E-state index >= 15 is 0 Å². The molecule has 4 rings (SSSR count). The molecule has 0 spiro atoms. The highest BCUT2D eigenvalue weighted by atomic mass is 19.1. The van der Waals surface area contributed by atoms with Crippen LogP contribution in [0.5, 0.6) is 0 Å². The number of nitriles is 1. The van der Waals surface area contributed by atoms with E-state index in [2.05, 4.69) is 35.2 Å². The summed E-state index contributed by atoms with van der Waals surface area (Å²) in [4.78, 5) is 2.47. The summed E-state index contributed by atoms with van der Waals surface area (Å²) in [5.74, 6) is -0.450. The molecule has 3 nitrogen and oxygen atoms in total. The van der Waals surface area contributed by atoms with Crippen LogP contribution in [0.15, 0.2) is 54.6 Å². The Hall–Kier alpha value is -2.48. The van der Waals surface area contributed by atoms with Crippen molar-refractivity contribution in [2.75, 3.05) is 13.2 Å². The Bertz CT molecular complexity index is 841. The van der Waals surface area contributed by atoms with Crippen LogP contribution in [0.4, 0.5) is 4.39 Å². The Labute approximate surface area is 147 Å². The highest BCUT2D eigenvalue weighted by Gasteiger charge is 2.34. The maximum absolute atomic E-state index is 14.0. The number of rotatable bonds is 3. The second kappa shape index (κ2) is 6.79. The molecule has 2 bridgehead atoms. The van der Waals surface area contributed by atoms with Crippen LogP contribution in [0.3, 0.4) is 0 Å². The second-order valence-electron chi connectivity index (χ2n) is 6.62. The standard InChI is InChI=1S/C21H19FN2O/c22-21-10-16(6-7-17(21)11-23)18-8-19-13-25-14-20(9-18)24(19)12-15-4-2-1-3-5-15/h1-8,10,19-20H,9,12-14H2. The van der Waals surface area contributed by atoms with Gasteiger partial charge in [-0.1, -0.05) is 42.5 Å². The van der Waals surface area contributed by atoms with Gasteiger partial charge in [0.15, 0.2) is 0 Å². The summed E-state index contributed by atoms with van der Waals surface area (Å²) in [5.41, 5.74) is 3.40. The molecule has 2 aliphatic heterocycles. The molecule has 0 saturated carbocycles. The maximum Gasteiger partial charge on any atom is 0.141 e. The highest BCUT2D eigenvalue weighted by molar-refractivity contribution is 5.68. The molecular formula is C21H19FN2O. The molecule has 2 aromatic carbocycles. The number of ether oxygens (including phenoxy) is 1. The van der Waals surface area contributed by atoms with Crippen LogP contribution in [-0.2, 0) is 11.3 Å². The Kier molecular flexibility index (Phi) is 4.35. The van der Waals surface area contributed by atoms with Gasteiger partial charge < -0.3 is 4.74 Å². The molecule has 2 aromatic rings. The number of hydrogen-bond donors (Lipinski definition) is 0. The fourth-order valence-electron chi connectivity index (χ4n) is 3.72. The van der Waals surface area contributed by atoms with Gasteiger partial charge in [0, 0.05) is 12.6 Å². The van der Waals surface area contributed by atoms with Crippen LogP contribution in [0.1, 0.15) is 23.1 Å². The van der Waals surface area contributed by atoms with Gasteiger partial charge in [0.1, 0.15) is 11.9 Å². The lowest BCUT2D eigenvalue weighted by Crippen LogP contribution is -2.53. The summed E-state index contributed by atoms with van der Waals surface area (Å²) in [6.07, 6.45) is 3.02. The van der Waals surface area contributed by atoms with E-state index in [1.54, 1.807) is 6.07 Å². The van der Waals surface area contributed by atoms with Crippen LogP contribution in [0.25, 0.3) is 5.57 Å². The third-order valence-corrected chi connectivity index (χ3v) is 5.01. The lowest BCUT2D eigenvalue weighted by molar-refractivity contribution is -0.0402. The topological polar surface area (TPSA) is 36.3 Å². The van der Waals surface area contributed by atoms with Crippen LogP contribution < -0.4 is 0 Å². The van der Waals surface area contributed by atoms with Crippen molar-refractivity contribution in [1.29, 1.82) is 5.26 Å². The number of nitrogens with zero attached hydrogens (tertiary/aromatic N) is 2. The summed E-state index contributed by atoms with van der Waals surface area (Å²) in [6, 6.07) is 17.7. The van der Waals surface area contributed by atoms with Crippen molar-refractivity contribution >= 4 is 5.57 Å². The molecule has 1 fully saturated rings. The molecule has 0 radical (unpaired) electrons. The quantitative estimate of drug-likeness (QED) is 0.858. The minimum absolute atomic E-state index is 0.0920. The zero-order valence-electron chi connectivity index (χ0n) is 13.9. The molecule has 0 aliphatic carbocycles. The van der Waals surface area contributed by atoms with Gasteiger partial charge in [-0.2, -0.15) is 5.26 Å². The predicted molar refractivity (Wildman–Crippen MR) is 94.1 cm³/mol. The van der Waals surface area contributed by atoms with Crippen molar-refractivity contribution in [3.8, 4) is 6.07 Å².